The number of carbonyl (C=O) groups is 3. The van der Waals surface area contributed by atoms with Crippen molar-refractivity contribution in [3.05, 3.63) is 47.5 Å². The number of morpholine rings is 1. The standard InChI is InChI=1S/C25H31N3O4/c29-22(26-12-6-13-27-15-17-32-18-16-27)11-2-1-3-14-28-24(30)20-9-4-7-19-8-5-10-21(23(19)20)25(28)31/h4-5,7-10H,1-3,6,11-18H2,(H,26,29). The van der Waals surface area contributed by atoms with Crippen LogP contribution in [0.5, 0.6) is 0 Å². The van der Waals surface area contributed by atoms with E-state index in [1.54, 1.807) is 12.1 Å². The fraction of sp³-hybridized carbons (Fsp3) is 0.480. The van der Waals surface area contributed by atoms with Crippen LogP contribution in [0, 0.1) is 0 Å². The summed E-state index contributed by atoms with van der Waals surface area (Å²) in [6.07, 6.45) is 3.66. The molecule has 1 N–H and O–H groups in total. The minimum absolute atomic E-state index is 0.0673. The van der Waals surface area contributed by atoms with E-state index in [0.717, 1.165) is 62.9 Å². The average Bonchev–Trinajstić information content (AvgIpc) is 2.82. The van der Waals surface area contributed by atoms with Crippen LogP contribution in [0.3, 0.4) is 0 Å². The molecule has 0 unspecified atom stereocenters. The molecule has 0 aliphatic carbocycles. The maximum atomic E-state index is 12.9. The monoisotopic (exact) mass is 437 g/mol. The van der Waals surface area contributed by atoms with Crippen molar-refractivity contribution in [3.63, 3.8) is 0 Å². The first kappa shape index (κ1) is 22.4. The Bertz CT molecular complexity index is 934. The number of unbranched alkanes of at least 4 members (excludes halogenated alkanes) is 2. The van der Waals surface area contributed by atoms with Crippen LogP contribution >= 0.6 is 0 Å². The molecule has 2 aromatic carbocycles. The Balaban J connectivity index is 1.16. The molecular weight excluding hydrogens is 406 g/mol. The lowest BCUT2D eigenvalue weighted by atomic mass is 9.94. The zero-order valence-electron chi connectivity index (χ0n) is 18.5. The van der Waals surface area contributed by atoms with E-state index in [4.69, 9.17) is 4.74 Å². The highest BCUT2D eigenvalue weighted by Gasteiger charge is 2.32. The molecule has 2 heterocycles. The van der Waals surface area contributed by atoms with Gasteiger partial charge in [-0.15, -0.1) is 0 Å². The summed E-state index contributed by atoms with van der Waals surface area (Å²) in [5, 5.41) is 4.65. The summed E-state index contributed by atoms with van der Waals surface area (Å²) in [5.41, 5.74) is 1.18. The van der Waals surface area contributed by atoms with Crippen LogP contribution in [0.2, 0.25) is 0 Å². The summed E-state index contributed by atoms with van der Waals surface area (Å²) in [5.74, 6) is -0.382. The number of rotatable bonds is 10. The second kappa shape index (κ2) is 10.7. The van der Waals surface area contributed by atoms with E-state index in [0.29, 0.717) is 37.1 Å². The molecule has 1 fully saturated rings. The van der Waals surface area contributed by atoms with Crippen molar-refractivity contribution in [2.45, 2.75) is 32.1 Å². The van der Waals surface area contributed by atoms with E-state index >= 15 is 0 Å². The summed E-state index contributed by atoms with van der Waals surface area (Å²) < 4.78 is 5.34. The van der Waals surface area contributed by atoms with Crippen LogP contribution < -0.4 is 5.32 Å². The minimum Gasteiger partial charge on any atom is -0.379 e. The van der Waals surface area contributed by atoms with Gasteiger partial charge >= 0.3 is 0 Å². The fourth-order valence-electron chi connectivity index (χ4n) is 4.46. The van der Waals surface area contributed by atoms with Gasteiger partial charge < -0.3 is 10.1 Å². The zero-order valence-corrected chi connectivity index (χ0v) is 18.5. The van der Waals surface area contributed by atoms with Crippen molar-refractivity contribution >= 4 is 28.5 Å². The highest BCUT2D eigenvalue weighted by atomic mass is 16.5. The Hall–Kier alpha value is -2.77. The normalized spacial score (nSPS) is 16.6. The van der Waals surface area contributed by atoms with Gasteiger partial charge in [0.1, 0.15) is 0 Å². The third kappa shape index (κ3) is 5.16. The predicted molar refractivity (Wildman–Crippen MR) is 123 cm³/mol. The maximum Gasteiger partial charge on any atom is 0.261 e. The molecule has 170 valence electrons. The molecule has 2 aliphatic heterocycles. The first-order chi connectivity index (χ1) is 15.6. The van der Waals surface area contributed by atoms with Crippen molar-refractivity contribution in [3.8, 4) is 0 Å². The Labute approximate surface area is 188 Å². The van der Waals surface area contributed by atoms with Crippen LogP contribution in [0.15, 0.2) is 36.4 Å². The van der Waals surface area contributed by atoms with Crippen LogP contribution in [0.1, 0.15) is 52.8 Å². The van der Waals surface area contributed by atoms with E-state index in [1.165, 1.54) is 4.90 Å². The minimum atomic E-state index is -0.225. The number of amides is 3. The molecule has 7 nitrogen and oxygen atoms in total. The molecule has 3 amide bonds. The van der Waals surface area contributed by atoms with E-state index in [2.05, 4.69) is 10.2 Å². The molecule has 2 aliphatic rings. The van der Waals surface area contributed by atoms with Crippen LogP contribution in [-0.4, -0.2) is 73.5 Å². The topological polar surface area (TPSA) is 79.0 Å². The molecule has 0 aromatic heterocycles. The van der Waals surface area contributed by atoms with Crippen molar-refractivity contribution in [1.82, 2.24) is 15.1 Å². The van der Waals surface area contributed by atoms with Gasteiger partial charge in [-0.25, -0.2) is 0 Å². The van der Waals surface area contributed by atoms with Gasteiger partial charge in [0.05, 0.1) is 13.2 Å². The highest BCUT2D eigenvalue weighted by Crippen LogP contribution is 2.30. The molecule has 0 atom stereocenters. The van der Waals surface area contributed by atoms with Crippen molar-refractivity contribution in [1.29, 1.82) is 0 Å². The molecular formula is C25H31N3O4. The van der Waals surface area contributed by atoms with E-state index in [1.807, 2.05) is 24.3 Å². The number of hydrogen-bond acceptors (Lipinski definition) is 5. The zero-order chi connectivity index (χ0) is 22.3. The number of hydrogen-bond donors (Lipinski definition) is 1. The third-order valence-corrected chi connectivity index (χ3v) is 6.22. The molecule has 0 saturated carbocycles. The van der Waals surface area contributed by atoms with Gasteiger partial charge in [-0.1, -0.05) is 30.7 Å². The van der Waals surface area contributed by atoms with Crippen LogP contribution in [0.25, 0.3) is 10.8 Å². The van der Waals surface area contributed by atoms with Gasteiger partial charge in [-0.3, -0.25) is 24.2 Å². The van der Waals surface area contributed by atoms with Crippen molar-refractivity contribution < 1.29 is 19.1 Å². The van der Waals surface area contributed by atoms with E-state index in [9.17, 15) is 14.4 Å². The number of carbonyl (C=O) groups excluding carboxylic acids is 3. The predicted octanol–water partition coefficient (Wildman–Crippen LogP) is 2.83. The van der Waals surface area contributed by atoms with Gasteiger partial charge in [-0.05, 0) is 43.3 Å². The van der Waals surface area contributed by atoms with Crippen molar-refractivity contribution in [2.24, 2.45) is 0 Å². The van der Waals surface area contributed by atoms with Crippen molar-refractivity contribution in [2.75, 3.05) is 45.9 Å². The molecule has 0 bridgehead atoms. The number of nitrogens with zero attached hydrogens (tertiary/aromatic N) is 2. The molecule has 2 aromatic rings. The first-order valence-electron chi connectivity index (χ1n) is 11.6. The largest absolute Gasteiger partial charge is 0.379 e. The lowest BCUT2D eigenvalue weighted by molar-refractivity contribution is -0.121. The molecule has 7 heteroatoms. The first-order valence-corrected chi connectivity index (χ1v) is 11.6. The molecule has 32 heavy (non-hydrogen) atoms. The Kier molecular flexibility index (Phi) is 7.50. The molecule has 4 rings (SSSR count). The molecule has 0 spiro atoms. The summed E-state index contributed by atoms with van der Waals surface area (Å²) in [6, 6.07) is 11.1. The second-order valence-electron chi connectivity index (χ2n) is 8.44. The smallest absolute Gasteiger partial charge is 0.261 e. The lowest BCUT2D eigenvalue weighted by Gasteiger charge is -2.27. The summed E-state index contributed by atoms with van der Waals surface area (Å²) >= 11 is 0. The van der Waals surface area contributed by atoms with Gasteiger partial charge in [-0.2, -0.15) is 0 Å². The fourth-order valence-corrected chi connectivity index (χ4v) is 4.46. The van der Waals surface area contributed by atoms with Gasteiger partial charge in [0, 0.05) is 49.1 Å². The number of imide groups is 1. The molecule has 1 saturated heterocycles. The highest BCUT2D eigenvalue weighted by molar-refractivity contribution is 6.25. The second-order valence-corrected chi connectivity index (χ2v) is 8.44. The number of ether oxygens (including phenoxy) is 1. The summed E-state index contributed by atoms with van der Waals surface area (Å²) in [7, 11) is 0. The average molecular weight is 438 g/mol. The van der Waals surface area contributed by atoms with E-state index < -0.39 is 0 Å². The maximum absolute atomic E-state index is 12.9. The van der Waals surface area contributed by atoms with Gasteiger partial charge in [0.25, 0.3) is 11.8 Å². The summed E-state index contributed by atoms with van der Waals surface area (Å²) in [4.78, 5) is 41.5. The quantitative estimate of drug-likeness (QED) is 0.457. The van der Waals surface area contributed by atoms with Gasteiger partial charge in [0.2, 0.25) is 5.91 Å². The van der Waals surface area contributed by atoms with E-state index in [-0.39, 0.29) is 17.7 Å². The Morgan fingerprint density at radius 3 is 2.25 bits per heavy atom. The van der Waals surface area contributed by atoms with Crippen LogP contribution in [-0.2, 0) is 9.53 Å². The molecule has 0 radical (unpaired) electrons. The summed E-state index contributed by atoms with van der Waals surface area (Å²) in [6.45, 7) is 5.58. The van der Waals surface area contributed by atoms with Gasteiger partial charge in [0.15, 0.2) is 0 Å². The Morgan fingerprint density at radius 1 is 0.875 bits per heavy atom. The third-order valence-electron chi connectivity index (χ3n) is 6.22. The SMILES string of the molecule is O=C(CCCCCN1C(=O)c2cccc3cccc(c23)C1=O)NCCCN1CCOCC1. The lowest BCUT2D eigenvalue weighted by Crippen LogP contribution is -2.40. The van der Waals surface area contributed by atoms with Crippen LogP contribution in [0.4, 0.5) is 0 Å². The Morgan fingerprint density at radius 2 is 1.56 bits per heavy atom. The number of nitrogens with one attached hydrogen (secondary N) is 1. The number of benzene rings is 2.